The summed E-state index contributed by atoms with van der Waals surface area (Å²) in [6.07, 6.45) is -0.0726. The molecule has 2 rings (SSSR count). The molecule has 0 bridgehead atoms. The van der Waals surface area contributed by atoms with Crippen molar-refractivity contribution in [1.29, 1.82) is 5.16 Å². The predicted octanol–water partition coefficient (Wildman–Crippen LogP) is 0.941. The van der Waals surface area contributed by atoms with Gasteiger partial charge in [0, 0.05) is 12.0 Å². The van der Waals surface area contributed by atoms with Crippen LogP contribution in [-0.2, 0) is 28.0 Å². The molecule has 11 heteroatoms. The van der Waals surface area contributed by atoms with E-state index in [1.165, 1.54) is 0 Å². The molecule has 0 spiro atoms. The van der Waals surface area contributed by atoms with Crippen LogP contribution in [0.25, 0.3) is 0 Å². The van der Waals surface area contributed by atoms with Crippen LogP contribution in [0.5, 0.6) is 0 Å². The number of hydrogen-bond acceptors (Lipinski definition) is 7. The minimum atomic E-state index is -3.10. The molecule has 4 N–H and O–H groups in total. The van der Waals surface area contributed by atoms with Crippen LogP contribution in [0.3, 0.4) is 0 Å². The summed E-state index contributed by atoms with van der Waals surface area (Å²) in [6.45, 7) is 8.28. The molecule has 0 aromatic heterocycles. The third kappa shape index (κ3) is 7.78. The zero-order chi connectivity index (χ0) is 20.2. The Labute approximate surface area is 165 Å². The number of rotatable bonds is 10. The third-order valence-corrected chi connectivity index (χ3v) is 5.43. The molecule has 0 aromatic carbocycles. The summed E-state index contributed by atoms with van der Waals surface area (Å²) in [5.41, 5.74) is 3.82. The van der Waals surface area contributed by atoms with Gasteiger partial charge < -0.3 is 18.9 Å². The standard InChI is InChI=1S/C16H31B2N2O6P/c1-9(2)21-7-13-12(6-16(18)24-13)26-27(19,20)22-8-14-11(23-10(3)4)5-15(17)25-14/h9-16H,5-8H2,1-4H3,(H3,19,20)/p+1/t11?,12?,13-,14-,15-,16-/m1/s1. The summed E-state index contributed by atoms with van der Waals surface area (Å²) in [6, 6.07) is -0.846. The molecule has 152 valence electrons. The number of nitrogens with one attached hydrogen (secondary N) is 1. The normalized spacial score (nSPS) is 36.6. The number of ether oxygens (including phenoxy) is 4. The monoisotopic (exact) mass is 401 g/mol. The number of quaternary nitrogens is 1. The summed E-state index contributed by atoms with van der Waals surface area (Å²) in [4.78, 5) is 0. The second-order valence-corrected chi connectivity index (χ2v) is 9.43. The van der Waals surface area contributed by atoms with Crippen LogP contribution in [0, 0.1) is 5.16 Å². The van der Waals surface area contributed by atoms with Crippen molar-refractivity contribution < 1.29 is 33.5 Å². The Morgan fingerprint density at radius 3 is 2.11 bits per heavy atom. The largest absolute Gasteiger partial charge is 0.407 e. The minimum Gasteiger partial charge on any atom is -0.380 e. The van der Waals surface area contributed by atoms with Gasteiger partial charge in [-0.1, -0.05) is 0 Å². The van der Waals surface area contributed by atoms with Gasteiger partial charge in [0.05, 0.1) is 31.5 Å². The molecule has 2 aliphatic rings. The maximum Gasteiger partial charge on any atom is 0.407 e. The van der Waals surface area contributed by atoms with Crippen LogP contribution in [-0.4, -0.2) is 77.5 Å². The summed E-state index contributed by atoms with van der Waals surface area (Å²) >= 11 is 0. The Hall–Kier alpha value is 0.0799. The highest BCUT2D eigenvalue weighted by Crippen LogP contribution is 2.42. The Bertz CT molecular complexity index is 515. The molecule has 0 saturated carbocycles. The fraction of sp³-hybridized carbons (Fsp3) is 1.00. The first kappa shape index (κ1) is 23.4. The smallest absolute Gasteiger partial charge is 0.380 e. The molecular formula is C16H32B2N2O6P+. The highest BCUT2D eigenvalue weighted by molar-refractivity contribution is 7.47. The van der Waals surface area contributed by atoms with Gasteiger partial charge in [0.2, 0.25) is 0 Å². The molecule has 27 heavy (non-hydrogen) atoms. The van der Waals surface area contributed by atoms with E-state index in [4.69, 9.17) is 48.8 Å². The van der Waals surface area contributed by atoms with Crippen molar-refractivity contribution in [3.63, 3.8) is 0 Å². The zero-order valence-corrected chi connectivity index (χ0v) is 17.6. The van der Waals surface area contributed by atoms with E-state index in [0.29, 0.717) is 19.4 Å². The summed E-state index contributed by atoms with van der Waals surface area (Å²) < 4.78 is 34.3. The molecule has 4 radical (unpaired) electrons. The van der Waals surface area contributed by atoms with Gasteiger partial charge in [-0.3, -0.25) is 14.6 Å². The fourth-order valence-electron chi connectivity index (χ4n) is 3.12. The van der Waals surface area contributed by atoms with Crippen molar-refractivity contribution in [3.05, 3.63) is 0 Å². The summed E-state index contributed by atoms with van der Waals surface area (Å²) in [7, 11) is 8.64. The Kier molecular flexibility index (Phi) is 8.84. The lowest BCUT2D eigenvalue weighted by molar-refractivity contribution is -0.222. The van der Waals surface area contributed by atoms with Crippen molar-refractivity contribution in [2.75, 3.05) is 13.2 Å². The molecule has 7 atom stereocenters. The lowest BCUT2D eigenvalue weighted by atomic mass is 9.96. The minimum absolute atomic E-state index is 0.0526. The topological polar surface area (TPSA) is 107 Å². The van der Waals surface area contributed by atoms with Crippen molar-refractivity contribution in [2.24, 2.45) is 0 Å². The van der Waals surface area contributed by atoms with Crippen molar-refractivity contribution in [1.82, 2.24) is 0 Å². The molecule has 8 nitrogen and oxygen atoms in total. The molecule has 2 saturated heterocycles. The molecule has 3 unspecified atom stereocenters. The number of hydrogen-bond donors (Lipinski definition) is 2. The Balaban J connectivity index is 1.87. The van der Waals surface area contributed by atoms with E-state index in [2.05, 4.69) is 5.50 Å². The first-order valence-electron chi connectivity index (χ1n) is 9.46. The second kappa shape index (κ2) is 10.2. The van der Waals surface area contributed by atoms with Crippen LogP contribution in [0.1, 0.15) is 40.5 Å². The Morgan fingerprint density at radius 2 is 1.56 bits per heavy atom. The molecule has 0 aromatic rings. The zero-order valence-electron chi connectivity index (χ0n) is 16.7. The van der Waals surface area contributed by atoms with E-state index in [0.717, 1.165) is 0 Å². The van der Waals surface area contributed by atoms with E-state index in [9.17, 15) is 0 Å². The lowest BCUT2D eigenvalue weighted by Crippen LogP contribution is -2.48. The average molecular weight is 401 g/mol. The maximum atomic E-state index is 8.38. The van der Waals surface area contributed by atoms with Crippen molar-refractivity contribution in [3.8, 4) is 0 Å². The quantitative estimate of drug-likeness (QED) is 0.417. The predicted molar refractivity (Wildman–Crippen MR) is 103 cm³/mol. The Morgan fingerprint density at radius 1 is 1.00 bits per heavy atom. The van der Waals surface area contributed by atoms with Gasteiger partial charge in [0.25, 0.3) is 0 Å². The van der Waals surface area contributed by atoms with E-state index >= 15 is 0 Å². The molecule has 2 heterocycles. The van der Waals surface area contributed by atoms with Crippen molar-refractivity contribution >= 4 is 23.4 Å². The lowest BCUT2D eigenvalue weighted by Gasteiger charge is -2.25. The molecule has 2 fully saturated rings. The van der Waals surface area contributed by atoms with Crippen LogP contribution < -0.4 is 5.50 Å². The van der Waals surface area contributed by atoms with Crippen LogP contribution >= 0.6 is 7.66 Å². The van der Waals surface area contributed by atoms with Crippen molar-refractivity contribution in [2.45, 2.75) is 89.2 Å². The van der Waals surface area contributed by atoms with Crippen LogP contribution in [0.15, 0.2) is 0 Å². The van der Waals surface area contributed by atoms with Gasteiger partial charge >= 0.3 is 7.66 Å². The highest BCUT2D eigenvalue weighted by atomic mass is 31.2. The van der Waals surface area contributed by atoms with Crippen LogP contribution in [0.4, 0.5) is 0 Å². The summed E-state index contributed by atoms with van der Waals surface area (Å²) in [5, 5.41) is 8.38. The molecule has 2 aliphatic heterocycles. The summed E-state index contributed by atoms with van der Waals surface area (Å²) in [5.74, 6) is 0. The average Bonchev–Trinajstić information content (AvgIpc) is 3.04. The van der Waals surface area contributed by atoms with Gasteiger partial charge in [0.1, 0.15) is 34.0 Å². The first-order chi connectivity index (χ1) is 12.6. The molecule has 0 aliphatic carbocycles. The third-order valence-electron chi connectivity index (χ3n) is 4.25. The van der Waals surface area contributed by atoms with Gasteiger partial charge in [0.15, 0.2) is 0 Å². The first-order valence-corrected chi connectivity index (χ1v) is 11.3. The van der Waals surface area contributed by atoms with E-state index < -0.39 is 25.8 Å². The van der Waals surface area contributed by atoms with Crippen LogP contribution in [0.2, 0.25) is 0 Å². The maximum absolute atomic E-state index is 8.38. The van der Waals surface area contributed by atoms with Gasteiger partial charge in [-0.05, 0) is 40.5 Å². The van der Waals surface area contributed by atoms with E-state index in [-0.39, 0.29) is 37.1 Å². The SMILES string of the molecule is [B][C@H]1CC(OC(C)C)[C@@H](COP(=N)([NH3+])OC2C[C@H]([B])O[C@@H]2COC(C)C)O1. The fourth-order valence-corrected chi connectivity index (χ4v) is 4.23. The molecule has 0 amide bonds. The van der Waals surface area contributed by atoms with Gasteiger partial charge in [-0.15, -0.1) is 0 Å². The molecular weight excluding hydrogens is 369 g/mol. The second-order valence-electron chi connectivity index (χ2n) is 7.62. The van der Waals surface area contributed by atoms with E-state index in [1.54, 1.807) is 0 Å². The van der Waals surface area contributed by atoms with Gasteiger partial charge in [-0.25, -0.2) is 5.16 Å². The highest BCUT2D eigenvalue weighted by Gasteiger charge is 2.40. The van der Waals surface area contributed by atoms with Gasteiger partial charge in [-0.2, -0.15) is 0 Å². The van der Waals surface area contributed by atoms with E-state index in [1.807, 2.05) is 27.7 Å².